The van der Waals surface area contributed by atoms with Crippen molar-refractivity contribution in [3.63, 3.8) is 0 Å². The summed E-state index contributed by atoms with van der Waals surface area (Å²) in [6.45, 7) is 10.6. The zero-order chi connectivity index (χ0) is 15.7. The Balaban J connectivity index is 2.62. The molecule has 0 amide bonds. The fourth-order valence-corrected chi connectivity index (χ4v) is 2.56. The van der Waals surface area contributed by atoms with Crippen LogP contribution in [0.3, 0.4) is 0 Å². The van der Waals surface area contributed by atoms with Gasteiger partial charge in [0, 0.05) is 6.04 Å². The summed E-state index contributed by atoms with van der Waals surface area (Å²) in [7, 11) is 1.49. The molecule has 0 radical (unpaired) electrons. The van der Waals surface area contributed by atoms with Gasteiger partial charge >= 0.3 is 0 Å². The highest BCUT2D eigenvalue weighted by atomic mass is 19.1. The minimum absolute atomic E-state index is 0.283. The fourth-order valence-electron chi connectivity index (χ4n) is 2.56. The van der Waals surface area contributed by atoms with E-state index in [9.17, 15) is 4.39 Å². The molecule has 120 valence electrons. The van der Waals surface area contributed by atoms with Gasteiger partial charge in [0.15, 0.2) is 11.6 Å². The first kappa shape index (κ1) is 17.9. The number of rotatable bonds is 10. The van der Waals surface area contributed by atoms with Crippen molar-refractivity contribution in [3.8, 4) is 5.75 Å². The molecule has 1 N–H and O–H groups in total. The first-order valence-electron chi connectivity index (χ1n) is 7.92. The first-order chi connectivity index (χ1) is 10.1. The molecule has 3 nitrogen and oxygen atoms in total. The molecule has 0 saturated carbocycles. The van der Waals surface area contributed by atoms with E-state index < -0.39 is 0 Å². The maximum absolute atomic E-state index is 13.8. The molecule has 0 heterocycles. The molecule has 0 bridgehead atoms. The molecule has 0 fully saturated rings. The van der Waals surface area contributed by atoms with Gasteiger partial charge < -0.3 is 15.0 Å². The SMILES string of the molecule is CCNC(CCN(CC)CC)Cc1ccc(OC)c(F)c1. The lowest BCUT2D eigenvalue weighted by Crippen LogP contribution is -2.35. The van der Waals surface area contributed by atoms with Crippen LogP contribution in [0.4, 0.5) is 4.39 Å². The Hall–Kier alpha value is -1.13. The number of methoxy groups -OCH3 is 1. The number of hydrogen-bond donors (Lipinski definition) is 1. The van der Waals surface area contributed by atoms with Crippen molar-refractivity contribution < 1.29 is 9.13 Å². The van der Waals surface area contributed by atoms with Crippen molar-refractivity contribution in [1.29, 1.82) is 0 Å². The van der Waals surface area contributed by atoms with Gasteiger partial charge in [-0.05, 0) is 56.7 Å². The summed E-state index contributed by atoms with van der Waals surface area (Å²) in [5, 5.41) is 3.50. The molecule has 0 aliphatic rings. The van der Waals surface area contributed by atoms with Crippen molar-refractivity contribution in [2.45, 2.75) is 39.7 Å². The lowest BCUT2D eigenvalue weighted by molar-refractivity contribution is 0.281. The van der Waals surface area contributed by atoms with E-state index in [0.29, 0.717) is 11.8 Å². The van der Waals surface area contributed by atoms with Crippen molar-refractivity contribution >= 4 is 0 Å². The Morgan fingerprint density at radius 2 is 1.95 bits per heavy atom. The second kappa shape index (κ2) is 9.74. The van der Waals surface area contributed by atoms with E-state index in [1.54, 1.807) is 12.1 Å². The van der Waals surface area contributed by atoms with Crippen LogP contribution in [0, 0.1) is 5.82 Å². The third-order valence-corrected chi connectivity index (χ3v) is 3.88. The Morgan fingerprint density at radius 1 is 1.24 bits per heavy atom. The van der Waals surface area contributed by atoms with Gasteiger partial charge in [0.2, 0.25) is 0 Å². The Labute approximate surface area is 128 Å². The number of nitrogens with one attached hydrogen (secondary N) is 1. The van der Waals surface area contributed by atoms with Gasteiger partial charge in [-0.3, -0.25) is 0 Å². The molecule has 0 aliphatic heterocycles. The summed E-state index contributed by atoms with van der Waals surface area (Å²) >= 11 is 0. The van der Waals surface area contributed by atoms with Crippen LogP contribution in [0.2, 0.25) is 0 Å². The molecule has 0 spiro atoms. The number of likely N-dealkylation sites (N-methyl/N-ethyl adjacent to an activating group) is 1. The van der Waals surface area contributed by atoms with Gasteiger partial charge in [-0.15, -0.1) is 0 Å². The number of ether oxygens (including phenoxy) is 1. The van der Waals surface area contributed by atoms with Crippen LogP contribution in [-0.4, -0.2) is 44.2 Å². The first-order valence-corrected chi connectivity index (χ1v) is 7.92. The van der Waals surface area contributed by atoms with Gasteiger partial charge in [-0.25, -0.2) is 4.39 Å². The Kier molecular flexibility index (Phi) is 8.31. The smallest absolute Gasteiger partial charge is 0.165 e. The van der Waals surface area contributed by atoms with Gasteiger partial charge in [-0.2, -0.15) is 0 Å². The van der Waals surface area contributed by atoms with Crippen molar-refractivity contribution in [3.05, 3.63) is 29.6 Å². The van der Waals surface area contributed by atoms with Crippen molar-refractivity contribution in [1.82, 2.24) is 10.2 Å². The van der Waals surface area contributed by atoms with Gasteiger partial charge in [-0.1, -0.05) is 26.8 Å². The summed E-state index contributed by atoms with van der Waals surface area (Å²) in [6, 6.07) is 5.62. The maximum Gasteiger partial charge on any atom is 0.165 e. The van der Waals surface area contributed by atoms with Gasteiger partial charge in [0.25, 0.3) is 0 Å². The topological polar surface area (TPSA) is 24.5 Å². The molecule has 1 atom stereocenters. The predicted octanol–water partition coefficient (Wildman–Crippen LogP) is 3.09. The standard InChI is InChI=1S/C17H29FN2O/c1-5-19-15(10-11-20(6-2)7-3)12-14-8-9-17(21-4)16(18)13-14/h8-9,13,15,19H,5-7,10-12H2,1-4H3. The number of halogens is 1. The average Bonchev–Trinajstić information content (AvgIpc) is 2.48. The molecular weight excluding hydrogens is 267 g/mol. The zero-order valence-corrected chi connectivity index (χ0v) is 13.8. The van der Waals surface area contributed by atoms with Crippen LogP contribution in [0.5, 0.6) is 5.75 Å². The molecule has 1 aromatic rings. The van der Waals surface area contributed by atoms with E-state index in [-0.39, 0.29) is 5.82 Å². The molecule has 1 aromatic carbocycles. The summed E-state index contributed by atoms with van der Waals surface area (Å²) in [5.41, 5.74) is 1.01. The number of nitrogens with zero attached hydrogens (tertiary/aromatic N) is 1. The summed E-state index contributed by atoms with van der Waals surface area (Å²) in [4.78, 5) is 2.42. The maximum atomic E-state index is 13.8. The molecule has 0 saturated heterocycles. The van der Waals surface area contributed by atoms with Crippen molar-refractivity contribution in [2.24, 2.45) is 0 Å². The van der Waals surface area contributed by atoms with Crippen LogP contribution in [0.25, 0.3) is 0 Å². The number of hydrogen-bond acceptors (Lipinski definition) is 3. The third kappa shape index (κ3) is 6.02. The fraction of sp³-hybridized carbons (Fsp3) is 0.647. The van der Waals surface area contributed by atoms with Crippen LogP contribution >= 0.6 is 0 Å². The monoisotopic (exact) mass is 296 g/mol. The highest BCUT2D eigenvalue weighted by molar-refractivity contribution is 5.29. The highest BCUT2D eigenvalue weighted by Crippen LogP contribution is 2.19. The molecular formula is C17H29FN2O. The molecule has 1 unspecified atom stereocenters. The average molecular weight is 296 g/mol. The lowest BCUT2D eigenvalue weighted by atomic mass is 10.0. The summed E-state index contributed by atoms with van der Waals surface area (Å²) in [5.74, 6) is 0.0240. The minimum Gasteiger partial charge on any atom is -0.494 e. The van der Waals surface area contributed by atoms with Crippen LogP contribution in [0.1, 0.15) is 32.8 Å². The molecule has 0 aliphatic carbocycles. The Bertz CT molecular complexity index is 408. The summed E-state index contributed by atoms with van der Waals surface area (Å²) < 4.78 is 18.7. The highest BCUT2D eigenvalue weighted by Gasteiger charge is 2.12. The predicted molar refractivity (Wildman–Crippen MR) is 86.5 cm³/mol. The van der Waals surface area contributed by atoms with Crippen LogP contribution in [-0.2, 0) is 6.42 Å². The summed E-state index contributed by atoms with van der Waals surface area (Å²) in [6.07, 6.45) is 1.92. The molecule has 0 aromatic heterocycles. The second-order valence-electron chi connectivity index (χ2n) is 5.24. The number of benzene rings is 1. The van der Waals surface area contributed by atoms with Crippen molar-refractivity contribution in [2.75, 3.05) is 33.3 Å². The zero-order valence-electron chi connectivity index (χ0n) is 13.8. The molecule has 21 heavy (non-hydrogen) atoms. The minimum atomic E-state index is -0.283. The van der Waals surface area contributed by atoms with Gasteiger partial charge in [0.05, 0.1) is 7.11 Å². The second-order valence-corrected chi connectivity index (χ2v) is 5.24. The van der Waals surface area contributed by atoms with Gasteiger partial charge in [0.1, 0.15) is 0 Å². The van der Waals surface area contributed by atoms with Crippen LogP contribution in [0.15, 0.2) is 18.2 Å². The molecule has 1 rings (SSSR count). The van der Waals surface area contributed by atoms with E-state index in [1.807, 2.05) is 6.07 Å². The van der Waals surface area contributed by atoms with E-state index >= 15 is 0 Å². The lowest BCUT2D eigenvalue weighted by Gasteiger charge is -2.23. The molecule has 4 heteroatoms. The normalized spacial score (nSPS) is 12.7. The van der Waals surface area contributed by atoms with Crippen LogP contribution < -0.4 is 10.1 Å². The largest absolute Gasteiger partial charge is 0.494 e. The van der Waals surface area contributed by atoms with E-state index in [2.05, 4.69) is 31.0 Å². The third-order valence-electron chi connectivity index (χ3n) is 3.88. The van der Waals surface area contributed by atoms with E-state index in [0.717, 1.165) is 44.6 Å². The Morgan fingerprint density at radius 3 is 2.48 bits per heavy atom. The van der Waals surface area contributed by atoms with E-state index in [1.165, 1.54) is 7.11 Å². The quantitative estimate of drug-likeness (QED) is 0.718. The van der Waals surface area contributed by atoms with E-state index in [4.69, 9.17) is 4.74 Å².